The lowest BCUT2D eigenvalue weighted by molar-refractivity contribution is -0.119. The summed E-state index contributed by atoms with van der Waals surface area (Å²) in [6.07, 6.45) is 3.13. The zero-order chi connectivity index (χ0) is 19.8. The lowest BCUT2D eigenvalue weighted by Crippen LogP contribution is -2.43. The highest BCUT2D eigenvalue weighted by molar-refractivity contribution is 5.61. The van der Waals surface area contributed by atoms with Crippen LogP contribution in [-0.2, 0) is 21.6 Å². The van der Waals surface area contributed by atoms with Gasteiger partial charge in [-0.3, -0.25) is 4.79 Å². The van der Waals surface area contributed by atoms with Crippen LogP contribution in [0, 0.1) is 0 Å². The lowest BCUT2D eigenvalue weighted by atomic mass is 9.74. The predicted molar refractivity (Wildman–Crippen MR) is 113 cm³/mol. The molecule has 1 atom stereocenters. The fourth-order valence-corrected chi connectivity index (χ4v) is 3.90. The van der Waals surface area contributed by atoms with Crippen molar-refractivity contribution in [2.75, 3.05) is 31.6 Å². The maximum absolute atomic E-state index is 10.7. The van der Waals surface area contributed by atoms with Crippen molar-refractivity contribution >= 4 is 12.1 Å². The molecule has 1 saturated heterocycles. The van der Waals surface area contributed by atoms with E-state index in [2.05, 4.69) is 29.6 Å². The number of nitrogens with one attached hydrogen (secondary N) is 1. The van der Waals surface area contributed by atoms with Crippen molar-refractivity contribution in [3.8, 4) is 0 Å². The first-order chi connectivity index (χ1) is 13.6. The summed E-state index contributed by atoms with van der Waals surface area (Å²) in [4.78, 5) is 12.6. The minimum atomic E-state index is 0.119. The van der Waals surface area contributed by atoms with E-state index in [1.54, 1.807) is 0 Å². The average molecular weight is 382 g/mol. The van der Waals surface area contributed by atoms with Gasteiger partial charge in [-0.2, -0.15) is 0 Å². The van der Waals surface area contributed by atoms with E-state index in [4.69, 9.17) is 10.5 Å². The number of anilines is 1. The van der Waals surface area contributed by atoms with Gasteiger partial charge in [0, 0.05) is 36.8 Å². The molecule has 2 aromatic rings. The highest BCUT2D eigenvalue weighted by atomic mass is 16.5. The maximum Gasteiger partial charge on any atom is 0.209 e. The van der Waals surface area contributed by atoms with Crippen LogP contribution in [0.2, 0.25) is 0 Å². The van der Waals surface area contributed by atoms with Crippen LogP contribution in [0.15, 0.2) is 54.6 Å². The molecular formula is C23H31N3O2. The van der Waals surface area contributed by atoms with Crippen molar-refractivity contribution in [1.82, 2.24) is 4.90 Å². The van der Waals surface area contributed by atoms with Crippen LogP contribution in [-0.4, -0.2) is 43.6 Å². The first kappa shape index (κ1) is 20.4. The second-order valence-electron chi connectivity index (χ2n) is 7.80. The predicted octanol–water partition coefficient (Wildman–Crippen LogP) is 3.15. The quantitative estimate of drug-likeness (QED) is 0.781. The smallest absolute Gasteiger partial charge is 0.209 e. The van der Waals surface area contributed by atoms with Crippen molar-refractivity contribution in [2.45, 2.75) is 37.8 Å². The van der Waals surface area contributed by atoms with E-state index in [0.29, 0.717) is 13.2 Å². The number of nitrogens with two attached hydrogens (primary N) is 1. The van der Waals surface area contributed by atoms with Gasteiger partial charge in [0.05, 0.1) is 13.2 Å². The summed E-state index contributed by atoms with van der Waals surface area (Å²) in [6.45, 7) is 6.01. The number of amides is 1. The van der Waals surface area contributed by atoms with Gasteiger partial charge in [0.1, 0.15) is 0 Å². The first-order valence-electron chi connectivity index (χ1n) is 10.0. The summed E-state index contributed by atoms with van der Waals surface area (Å²) < 4.78 is 5.36. The Bertz CT molecular complexity index is 741. The molecule has 1 unspecified atom stereocenters. The summed E-state index contributed by atoms with van der Waals surface area (Å²) in [6, 6.07) is 18.8. The molecule has 28 heavy (non-hydrogen) atoms. The van der Waals surface area contributed by atoms with Crippen molar-refractivity contribution in [3.05, 3.63) is 65.7 Å². The Labute approximate surface area is 167 Å². The van der Waals surface area contributed by atoms with Gasteiger partial charge >= 0.3 is 0 Å². The van der Waals surface area contributed by atoms with E-state index in [-0.39, 0.29) is 11.5 Å². The Balaban J connectivity index is 0.000000169. The Morgan fingerprint density at radius 2 is 1.82 bits per heavy atom. The number of likely N-dealkylation sites (tertiary alicyclic amines) is 1. The summed E-state index contributed by atoms with van der Waals surface area (Å²) in [5, 5.41) is 3.49. The van der Waals surface area contributed by atoms with Crippen LogP contribution in [0.25, 0.3) is 0 Å². The largest absolute Gasteiger partial charge is 0.384 e. The standard InChI is InChI=1S/C13H16N2O.C10H15NO/c16-10-15-7-5-13(6-8-15)9-14-12-4-2-1-3-11(12)13;1-9(11)7-12-8-10-5-3-2-4-6-10/h1-4,10,14H,5-9H2;2-6,9H,7-8,11H2,1H3. The van der Waals surface area contributed by atoms with E-state index in [9.17, 15) is 4.79 Å². The van der Waals surface area contributed by atoms with Crippen molar-refractivity contribution in [1.29, 1.82) is 0 Å². The molecule has 0 radical (unpaired) electrons. The van der Waals surface area contributed by atoms with Crippen molar-refractivity contribution in [3.63, 3.8) is 0 Å². The molecule has 5 nitrogen and oxygen atoms in total. The van der Waals surface area contributed by atoms with Gasteiger partial charge in [0.2, 0.25) is 6.41 Å². The number of nitrogens with zero attached hydrogens (tertiary/aromatic N) is 1. The molecule has 2 aromatic carbocycles. The van der Waals surface area contributed by atoms with Crippen LogP contribution in [0.5, 0.6) is 0 Å². The number of para-hydroxylation sites is 1. The fourth-order valence-electron chi connectivity index (χ4n) is 3.90. The van der Waals surface area contributed by atoms with Crippen LogP contribution in [0.1, 0.15) is 30.9 Å². The van der Waals surface area contributed by atoms with Crippen molar-refractivity contribution in [2.24, 2.45) is 5.73 Å². The summed E-state index contributed by atoms with van der Waals surface area (Å²) in [7, 11) is 0. The molecule has 1 fully saturated rings. The number of hydrogen-bond donors (Lipinski definition) is 2. The molecule has 150 valence electrons. The Morgan fingerprint density at radius 1 is 1.14 bits per heavy atom. The monoisotopic (exact) mass is 381 g/mol. The molecule has 2 aliphatic rings. The second-order valence-corrected chi connectivity index (χ2v) is 7.80. The van der Waals surface area contributed by atoms with E-state index in [1.165, 1.54) is 16.8 Å². The second kappa shape index (κ2) is 9.71. The summed E-state index contributed by atoms with van der Waals surface area (Å²) >= 11 is 0. The number of piperidine rings is 1. The maximum atomic E-state index is 10.7. The number of benzene rings is 2. The molecule has 1 spiro atoms. The van der Waals surface area contributed by atoms with Crippen LogP contribution >= 0.6 is 0 Å². The van der Waals surface area contributed by atoms with Crippen molar-refractivity contribution < 1.29 is 9.53 Å². The zero-order valence-corrected chi connectivity index (χ0v) is 16.6. The molecule has 4 rings (SSSR count). The van der Waals surface area contributed by atoms with Gasteiger partial charge in [0.25, 0.3) is 0 Å². The van der Waals surface area contributed by atoms with E-state index in [1.807, 2.05) is 42.2 Å². The van der Waals surface area contributed by atoms with Gasteiger partial charge in [-0.1, -0.05) is 48.5 Å². The third-order valence-electron chi connectivity index (χ3n) is 5.51. The van der Waals surface area contributed by atoms with Crippen LogP contribution in [0.4, 0.5) is 5.69 Å². The number of carbonyl (C=O) groups excluding carboxylic acids is 1. The normalized spacial score (nSPS) is 17.9. The van der Waals surface area contributed by atoms with Gasteiger partial charge in [-0.05, 0) is 37.0 Å². The molecule has 2 aliphatic heterocycles. The number of fused-ring (bicyclic) bond motifs is 2. The van der Waals surface area contributed by atoms with Gasteiger partial charge in [-0.25, -0.2) is 0 Å². The van der Waals surface area contributed by atoms with Crippen LogP contribution < -0.4 is 11.1 Å². The first-order valence-corrected chi connectivity index (χ1v) is 10.0. The minimum absolute atomic E-state index is 0.119. The van der Waals surface area contributed by atoms with Gasteiger partial charge in [-0.15, -0.1) is 0 Å². The molecule has 0 saturated carbocycles. The Morgan fingerprint density at radius 3 is 2.50 bits per heavy atom. The van der Waals surface area contributed by atoms with Crippen LogP contribution in [0.3, 0.4) is 0 Å². The highest BCUT2D eigenvalue weighted by Crippen LogP contribution is 2.43. The van der Waals surface area contributed by atoms with E-state index >= 15 is 0 Å². The molecule has 5 heteroatoms. The summed E-state index contributed by atoms with van der Waals surface area (Å²) in [5.41, 5.74) is 9.72. The number of hydrogen-bond acceptors (Lipinski definition) is 4. The fraction of sp³-hybridized carbons (Fsp3) is 0.435. The topological polar surface area (TPSA) is 67.6 Å². The molecule has 0 aromatic heterocycles. The third kappa shape index (κ3) is 5.12. The third-order valence-corrected chi connectivity index (χ3v) is 5.51. The molecule has 0 aliphatic carbocycles. The molecular weight excluding hydrogens is 350 g/mol. The molecule has 3 N–H and O–H groups in total. The average Bonchev–Trinajstić information content (AvgIpc) is 3.08. The molecule has 1 amide bonds. The minimum Gasteiger partial charge on any atom is -0.384 e. The van der Waals surface area contributed by atoms with E-state index < -0.39 is 0 Å². The number of rotatable bonds is 5. The summed E-state index contributed by atoms with van der Waals surface area (Å²) in [5.74, 6) is 0. The molecule has 0 bridgehead atoms. The zero-order valence-electron chi connectivity index (χ0n) is 16.6. The Kier molecular flexibility index (Phi) is 7.06. The Hall–Kier alpha value is -2.37. The number of ether oxygens (including phenoxy) is 1. The highest BCUT2D eigenvalue weighted by Gasteiger charge is 2.40. The SMILES string of the molecule is CC(N)COCc1ccccc1.O=CN1CCC2(CC1)CNc1ccccc12. The lowest BCUT2D eigenvalue weighted by Gasteiger charge is -2.37. The van der Waals surface area contributed by atoms with Gasteiger partial charge in [0.15, 0.2) is 0 Å². The van der Waals surface area contributed by atoms with E-state index in [0.717, 1.165) is 38.9 Å². The molecule has 2 heterocycles. The van der Waals surface area contributed by atoms with Gasteiger partial charge < -0.3 is 20.7 Å². The number of carbonyl (C=O) groups is 1.